The molecule has 0 rings (SSSR count). The van der Waals surface area contributed by atoms with Crippen molar-refractivity contribution in [3.05, 3.63) is 25.3 Å². The lowest BCUT2D eigenvalue weighted by molar-refractivity contribution is 0.474. The van der Waals surface area contributed by atoms with Crippen LogP contribution in [0.25, 0.3) is 0 Å². The van der Waals surface area contributed by atoms with Gasteiger partial charge in [0.25, 0.3) is 0 Å². The van der Waals surface area contributed by atoms with Gasteiger partial charge in [-0.3, -0.25) is 0 Å². The highest BCUT2D eigenvalue weighted by molar-refractivity contribution is 7.89. The van der Waals surface area contributed by atoms with E-state index >= 15 is 0 Å². The van der Waals surface area contributed by atoms with Gasteiger partial charge in [-0.1, -0.05) is 12.2 Å². The van der Waals surface area contributed by atoms with E-state index in [1.165, 1.54) is 0 Å². The average Bonchev–Trinajstić information content (AvgIpc) is 1.82. The van der Waals surface area contributed by atoms with Crippen LogP contribution in [0.5, 0.6) is 0 Å². The molecule has 0 aromatic carbocycles. The molecule has 5 heteroatoms. The Kier molecular flexibility index (Phi) is 4.32. The molecule has 0 bridgehead atoms. The highest BCUT2D eigenvalue weighted by atomic mass is 32.2. The van der Waals surface area contributed by atoms with Crippen molar-refractivity contribution in [1.82, 2.24) is 0 Å². The van der Waals surface area contributed by atoms with Crippen molar-refractivity contribution in [2.24, 2.45) is 10.9 Å². The first kappa shape index (κ1) is 12.3. The molecular weight excluding hydrogens is 188 g/mol. The second kappa shape index (κ2) is 4.55. The Hall–Kier alpha value is -0.650. The van der Waals surface area contributed by atoms with Gasteiger partial charge in [0, 0.05) is 5.54 Å². The number of hydrogen-bond acceptors (Lipinski definition) is 3. The van der Waals surface area contributed by atoms with Crippen LogP contribution in [-0.2, 0) is 10.0 Å². The molecule has 0 unspecified atom stereocenters. The van der Waals surface area contributed by atoms with E-state index in [-0.39, 0.29) is 5.75 Å². The van der Waals surface area contributed by atoms with E-state index < -0.39 is 15.6 Å². The smallest absolute Gasteiger partial charge is 0.210 e. The van der Waals surface area contributed by atoms with Crippen LogP contribution in [0, 0.1) is 0 Å². The Morgan fingerprint density at radius 2 is 1.62 bits per heavy atom. The first-order valence-electron chi connectivity index (χ1n) is 3.84. The Labute approximate surface area is 79.4 Å². The van der Waals surface area contributed by atoms with Crippen LogP contribution in [0.2, 0.25) is 0 Å². The van der Waals surface area contributed by atoms with E-state index in [1.54, 1.807) is 12.2 Å². The summed E-state index contributed by atoms with van der Waals surface area (Å²) < 4.78 is 21.7. The van der Waals surface area contributed by atoms with Gasteiger partial charge >= 0.3 is 0 Å². The van der Waals surface area contributed by atoms with Crippen LogP contribution >= 0.6 is 0 Å². The van der Waals surface area contributed by atoms with Gasteiger partial charge < -0.3 is 5.73 Å². The van der Waals surface area contributed by atoms with E-state index in [1.807, 2.05) is 0 Å². The fraction of sp³-hybridized carbons (Fsp3) is 0.500. The zero-order valence-corrected chi connectivity index (χ0v) is 8.39. The summed E-state index contributed by atoms with van der Waals surface area (Å²) >= 11 is 0. The molecule has 4 N–H and O–H groups in total. The SMILES string of the molecule is C=CCC(N)(CC=C)CS(N)(=O)=O. The number of rotatable bonds is 6. The van der Waals surface area contributed by atoms with E-state index in [0.29, 0.717) is 12.8 Å². The zero-order chi connectivity index (χ0) is 10.5. The molecule has 0 spiro atoms. The van der Waals surface area contributed by atoms with E-state index in [4.69, 9.17) is 10.9 Å². The molecule has 13 heavy (non-hydrogen) atoms. The van der Waals surface area contributed by atoms with Crippen molar-refractivity contribution in [1.29, 1.82) is 0 Å². The van der Waals surface area contributed by atoms with Crippen LogP contribution < -0.4 is 10.9 Å². The van der Waals surface area contributed by atoms with Gasteiger partial charge in [0.15, 0.2) is 0 Å². The first-order valence-corrected chi connectivity index (χ1v) is 5.56. The van der Waals surface area contributed by atoms with Crippen molar-refractivity contribution < 1.29 is 8.42 Å². The van der Waals surface area contributed by atoms with Crippen molar-refractivity contribution in [2.75, 3.05) is 5.75 Å². The summed E-state index contributed by atoms with van der Waals surface area (Å²) in [6.07, 6.45) is 3.95. The fourth-order valence-electron chi connectivity index (χ4n) is 1.18. The molecule has 0 amide bonds. The third kappa shape index (κ3) is 5.57. The number of primary sulfonamides is 1. The summed E-state index contributed by atoms with van der Waals surface area (Å²) in [6, 6.07) is 0. The Balaban J connectivity index is 4.58. The predicted octanol–water partition coefficient (Wildman–Crippen LogP) is 0.125. The highest BCUT2D eigenvalue weighted by Gasteiger charge is 2.27. The maximum absolute atomic E-state index is 10.8. The molecule has 0 fully saturated rings. The summed E-state index contributed by atoms with van der Waals surface area (Å²) in [6.45, 7) is 7.02. The first-order chi connectivity index (χ1) is 5.83. The third-order valence-corrected chi connectivity index (χ3v) is 2.57. The minimum absolute atomic E-state index is 0.252. The van der Waals surface area contributed by atoms with Crippen molar-refractivity contribution in [3.63, 3.8) is 0 Å². The molecule has 0 saturated heterocycles. The number of nitrogens with two attached hydrogens (primary N) is 2. The second-order valence-corrected chi connectivity index (χ2v) is 4.77. The van der Waals surface area contributed by atoms with E-state index in [2.05, 4.69) is 13.2 Å². The minimum atomic E-state index is -3.55. The van der Waals surface area contributed by atoms with Crippen LogP contribution in [0.4, 0.5) is 0 Å². The monoisotopic (exact) mass is 204 g/mol. The van der Waals surface area contributed by atoms with Gasteiger partial charge in [-0.25, -0.2) is 13.6 Å². The lowest BCUT2D eigenvalue weighted by atomic mass is 9.95. The minimum Gasteiger partial charge on any atom is -0.324 e. The normalized spacial score (nSPS) is 12.5. The predicted molar refractivity (Wildman–Crippen MR) is 54.5 cm³/mol. The van der Waals surface area contributed by atoms with Gasteiger partial charge in [0.1, 0.15) is 0 Å². The summed E-state index contributed by atoms with van der Waals surface area (Å²) in [4.78, 5) is 0. The maximum Gasteiger partial charge on any atom is 0.210 e. The fourth-order valence-corrected chi connectivity index (χ4v) is 2.21. The largest absolute Gasteiger partial charge is 0.324 e. The van der Waals surface area contributed by atoms with Gasteiger partial charge in [-0.15, -0.1) is 13.2 Å². The lowest BCUT2D eigenvalue weighted by Gasteiger charge is -2.25. The summed E-state index contributed by atoms with van der Waals surface area (Å²) in [5, 5.41) is 4.91. The average molecular weight is 204 g/mol. The van der Waals surface area contributed by atoms with Gasteiger partial charge in [-0.2, -0.15) is 0 Å². The Morgan fingerprint density at radius 3 is 1.85 bits per heavy atom. The zero-order valence-electron chi connectivity index (χ0n) is 7.57. The molecule has 0 aromatic rings. The van der Waals surface area contributed by atoms with Crippen LogP contribution in [0.15, 0.2) is 25.3 Å². The second-order valence-electron chi connectivity index (χ2n) is 3.16. The van der Waals surface area contributed by atoms with Gasteiger partial charge in [0.05, 0.1) is 5.75 Å². The Morgan fingerprint density at radius 1 is 1.23 bits per heavy atom. The van der Waals surface area contributed by atoms with E-state index in [0.717, 1.165) is 0 Å². The van der Waals surface area contributed by atoms with Crippen LogP contribution in [0.3, 0.4) is 0 Å². The number of sulfonamides is 1. The lowest BCUT2D eigenvalue weighted by Crippen LogP contribution is -2.47. The summed E-state index contributed by atoms with van der Waals surface area (Å²) in [5.41, 5.74) is 4.94. The van der Waals surface area contributed by atoms with E-state index in [9.17, 15) is 8.42 Å². The Bertz CT molecular complexity index is 273. The van der Waals surface area contributed by atoms with Gasteiger partial charge in [0.2, 0.25) is 10.0 Å². The van der Waals surface area contributed by atoms with Crippen molar-refractivity contribution in [3.8, 4) is 0 Å². The molecule has 0 atom stereocenters. The third-order valence-electron chi connectivity index (χ3n) is 1.59. The topological polar surface area (TPSA) is 86.2 Å². The highest BCUT2D eigenvalue weighted by Crippen LogP contribution is 2.14. The molecule has 4 nitrogen and oxygen atoms in total. The summed E-state index contributed by atoms with van der Waals surface area (Å²) in [5.74, 6) is -0.252. The molecule has 0 saturated carbocycles. The number of hydrogen-bond donors (Lipinski definition) is 2. The summed E-state index contributed by atoms with van der Waals surface area (Å²) in [7, 11) is -3.55. The van der Waals surface area contributed by atoms with Crippen molar-refractivity contribution in [2.45, 2.75) is 18.4 Å². The van der Waals surface area contributed by atoms with Gasteiger partial charge in [-0.05, 0) is 12.8 Å². The molecule has 76 valence electrons. The van der Waals surface area contributed by atoms with Crippen LogP contribution in [0.1, 0.15) is 12.8 Å². The molecule has 0 aliphatic carbocycles. The molecular formula is C8H16N2O2S. The van der Waals surface area contributed by atoms with Crippen LogP contribution in [-0.4, -0.2) is 19.7 Å². The quantitative estimate of drug-likeness (QED) is 0.603. The molecule has 0 heterocycles. The van der Waals surface area contributed by atoms with Crippen molar-refractivity contribution >= 4 is 10.0 Å². The molecule has 0 aromatic heterocycles. The molecule has 0 aliphatic rings. The molecule has 0 radical (unpaired) electrons. The standard InChI is InChI=1S/C8H16N2O2S/c1-3-5-8(9,6-4-2)7-13(10,11)12/h3-4H,1-2,5-7,9H2,(H2,10,11,12). The molecule has 0 aliphatic heterocycles. The maximum atomic E-state index is 10.8.